The molecule has 4 aliphatic rings. The van der Waals surface area contributed by atoms with Crippen LogP contribution in [0.2, 0.25) is 0 Å². The molecule has 6 atom stereocenters. The predicted molar refractivity (Wildman–Crippen MR) is 117 cm³/mol. The normalized spacial score (nSPS) is 37.0. The zero-order chi connectivity index (χ0) is 20.4. The van der Waals surface area contributed by atoms with Gasteiger partial charge in [0.1, 0.15) is 0 Å². The number of rotatable bonds is 0. The van der Waals surface area contributed by atoms with E-state index in [1.165, 1.54) is 50.5 Å². The van der Waals surface area contributed by atoms with Crippen molar-refractivity contribution in [2.45, 2.75) is 112 Å². The predicted octanol–water partition coefficient (Wildman–Crippen LogP) is 6.96. The van der Waals surface area contributed by atoms with Gasteiger partial charge >= 0.3 is 0 Å². The fourth-order valence-electron chi connectivity index (χ4n) is 6.02. The fraction of sp³-hybridized carbons (Fsp3) is 0.880. The summed E-state index contributed by atoms with van der Waals surface area (Å²) in [6.07, 6.45) is 13.7. The monoisotopic (exact) mass is 378 g/mol. The van der Waals surface area contributed by atoms with Crippen molar-refractivity contribution in [3.05, 3.63) is 11.6 Å². The number of carbonyl (C=O) groups excluding carboxylic acids is 1. The van der Waals surface area contributed by atoms with Crippen molar-refractivity contribution >= 4 is 5.78 Å². The Kier molecular flexibility index (Phi) is 11.5. The van der Waals surface area contributed by atoms with Crippen LogP contribution >= 0.6 is 0 Å². The van der Waals surface area contributed by atoms with Crippen LogP contribution in [0.1, 0.15) is 106 Å². The molecule has 4 aliphatic carbocycles. The quantitative estimate of drug-likeness (QED) is 0.495. The van der Waals surface area contributed by atoms with Crippen molar-refractivity contribution in [2.75, 3.05) is 0 Å². The third-order valence-corrected chi connectivity index (χ3v) is 7.12. The molecule has 0 aromatic rings. The highest BCUT2D eigenvalue weighted by Crippen LogP contribution is 2.52. The lowest BCUT2D eigenvalue weighted by Crippen LogP contribution is -2.37. The van der Waals surface area contributed by atoms with Gasteiger partial charge in [0.25, 0.3) is 0 Å². The van der Waals surface area contributed by atoms with Crippen LogP contribution in [0.25, 0.3) is 0 Å². The minimum absolute atomic E-state index is 0.0434. The van der Waals surface area contributed by atoms with Gasteiger partial charge in [-0.3, -0.25) is 4.79 Å². The summed E-state index contributed by atoms with van der Waals surface area (Å²) >= 11 is 0. The molecule has 158 valence electrons. The number of ketones is 1. The van der Waals surface area contributed by atoms with Gasteiger partial charge in [-0.2, -0.15) is 0 Å². The summed E-state index contributed by atoms with van der Waals surface area (Å²) in [5.41, 5.74) is 1.48. The highest BCUT2D eigenvalue weighted by Gasteiger charge is 2.43. The summed E-state index contributed by atoms with van der Waals surface area (Å²) in [5.74, 6) is 4.12. The summed E-state index contributed by atoms with van der Waals surface area (Å²) in [6.45, 7) is 12.0. The summed E-state index contributed by atoms with van der Waals surface area (Å²) < 4.78 is 0. The van der Waals surface area contributed by atoms with Crippen LogP contribution in [-0.4, -0.2) is 17.0 Å². The zero-order valence-corrected chi connectivity index (χ0v) is 19.0. The number of fused-ring (bicyclic) bond motifs is 7. The summed E-state index contributed by atoms with van der Waals surface area (Å²) in [7, 11) is 0. The lowest BCUT2D eigenvalue weighted by atomic mass is 9.59. The minimum Gasteiger partial charge on any atom is -0.393 e. The van der Waals surface area contributed by atoms with Gasteiger partial charge in [-0.05, 0) is 93.5 Å². The van der Waals surface area contributed by atoms with Crippen LogP contribution in [-0.2, 0) is 4.79 Å². The van der Waals surface area contributed by atoms with Gasteiger partial charge in [0.15, 0.2) is 5.78 Å². The lowest BCUT2D eigenvalue weighted by molar-refractivity contribution is -0.115. The molecule has 2 heteroatoms. The first-order valence-electron chi connectivity index (χ1n) is 12.1. The number of aliphatic hydroxyl groups excluding tert-OH is 1. The molecule has 0 amide bonds. The van der Waals surface area contributed by atoms with Gasteiger partial charge in [-0.15, -0.1) is 0 Å². The van der Waals surface area contributed by atoms with Crippen molar-refractivity contribution in [3.8, 4) is 0 Å². The van der Waals surface area contributed by atoms with Gasteiger partial charge in [0, 0.05) is 6.42 Å². The number of hydrogen-bond donors (Lipinski definition) is 1. The van der Waals surface area contributed by atoms with E-state index in [-0.39, 0.29) is 6.10 Å². The van der Waals surface area contributed by atoms with Gasteiger partial charge in [0.2, 0.25) is 0 Å². The maximum absolute atomic E-state index is 11.7. The number of aliphatic hydroxyl groups is 1. The van der Waals surface area contributed by atoms with E-state index in [4.69, 9.17) is 0 Å². The molecule has 4 rings (SSSR count). The fourth-order valence-corrected chi connectivity index (χ4v) is 6.02. The number of hydrogen-bond acceptors (Lipinski definition) is 2. The van der Waals surface area contributed by atoms with E-state index in [1.807, 2.05) is 47.6 Å². The van der Waals surface area contributed by atoms with E-state index < -0.39 is 0 Å². The van der Waals surface area contributed by atoms with E-state index in [0.29, 0.717) is 17.6 Å². The zero-order valence-electron chi connectivity index (χ0n) is 19.0. The Morgan fingerprint density at radius 3 is 2.00 bits per heavy atom. The Labute approximate surface area is 169 Å². The van der Waals surface area contributed by atoms with Gasteiger partial charge in [-0.25, -0.2) is 0 Å². The van der Waals surface area contributed by atoms with E-state index in [9.17, 15) is 9.90 Å². The molecule has 0 aliphatic heterocycles. The van der Waals surface area contributed by atoms with Gasteiger partial charge in [-0.1, -0.05) is 47.1 Å². The maximum atomic E-state index is 11.7. The first-order valence-corrected chi connectivity index (χ1v) is 12.1. The van der Waals surface area contributed by atoms with Gasteiger partial charge in [0.05, 0.1) is 6.10 Å². The third kappa shape index (κ3) is 5.92. The first-order chi connectivity index (χ1) is 13.2. The molecule has 3 fully saturated rings. The molecule has 0 saturated heterocycles. The second kappa shape index (κ2) is 12.8. The van der Waals surface area contributed by atoms with Crippen LogP contribution in [0.5, 0.6) is 0 Å². The standard InChI is InChI=1S/C19H28O2.3C2H6/c20-15-6-9-17-14(11-15)4-7-16-12-1-2-13(3-8-18(16)17)19(21)10-5-12;3*1-2/h11-13,16-19,21H,1-10H2;3*1-2H3. The molecular weight excluding hydrogens is 332 g/mol. The third-order valence-electron chi connectivity index (χ3n) is 7.12. The Morgan fingerprint density at radius 2 is 1.30 bits per heavy atom. The molecule has 0 spiro atoms. The van der Waals surface area contributed by atoms with Crippen LogP contribution < -0.4 is 0 Å². The Balaban J connectivity index is 0.000000556. The molecule has 6 unspecified atom stereocenters. The molecule has 0 aromatic carbocycles. The van der Waals surface area contributed by atoms with Crippen molar-refractivity contribution in [2.24, 2.45) is 29.6 Å². The molecular formula is C25H46O2. The average molecular weight is 379 g/mol. The Morgan fingerprint density at radius 1 is 0.704 bits per heavy atom. The highest BCUT2D eigenvalue weighted by molar-refractivity contribution is 5.91. The minimum atomic E-state index is -0.0434. The molecule has 2 nitrogen and oxygen atoms in total. The average Bonchev–Trinajstić information content (AvgIpc) is 2.86. The van der Waals surface area contributed by atoms with Crippen LogP contribution in [0.3, 0.4) is 0 Å². The van der Waals surface area contributed by atoms with E-state index in [2.05, 4.69) is 0 Å². The topological polar surface area (TPSA) is 37.3 Å². The van der Waals surface area contributed by atoms with Crippen molar-refractivity contribution in [1.82, 2.24) is 0 Å². The number of carbonyl (C=O) groups is 1. The van der Waals surface area contributed by atoms with Crippen LogP contribution in [0.4, 0.5) is 0 Å². The van der Waals surface area contributed by atoms with Crippen LogP contribution in [0, 0.1) is 29.6 Å². The maximum Gasteiger partial charge on any atom is 0.155 e. The molecule has 0 heterocycles. The van der Waals surface area contributed by atoms with E-state index in [0.717, 1.165) is 37.0 Å². The molecule has 0 radical (unpaired) electrons. The van der Waals surface area contributed by atoms with Crippen molar-refractivity contribution in [3.63, 3.8) is 0 Å². The summed E-state index contributed by atoms with van der Waals surface area (Å²) in [5, 5.41) is 10.4. The molecule has 27 heavy (non-hydrogen) atoms. The molecule has 0 aromatic heterocycles. The molecule has 1 N–H and O–H groups in total. The Hall–Kier alpha value is -0.630. The lowest BCUT2D eigenvalue weighted by Gasteiger charge is -2.46. The second-order valence-corrected chi connectivity index (χ2v) is 8.02. The highest BCUT2D eigenvalue weighted by atomic mass is 16.3. The van der Waals surface area contributed by atoms with E-state index in [1.54, 1.807) is 0 Å². The second-order valence-electron chi connectivity index (χ2n) is 8.02. The number of allylic oxidation sites excluding steroid dienone is 2. The SMILES string of the molecule is CC.CC.CC.O=C1C=C2CCC3C4CCC(O)C(CC4)CCC3C2CC1. The summed E-state index contributed by atoms with van der Waals surface area (Å²) in [4.78, 5) is 11.7. The van der Waals surface area contributed by atoms with Crippen molar-refractivity contribution < 1.29 is 9.90 Å². The van der Waals surface area contributed by atoms with Crippen molar-refractivity contribution in [1.29, 1.82) is 0 Å². The molecule has 3 saturated carbocycles. The molecule has 2 bridgehead atoms. The first kappa shape index (κ1) is 24.4. The van der Waals surface area contributed by atoms with Gasteiger partial charge < -0.3 is 5.11 Å². The van der Waals surface area contributed by atoms with E-state index >= 15 is 0 Å². The smallest absolute Gasteiger partial charge is 0.155 e. The van der Waals surface area contributed by atoms with Crippen LogP contribution in [0.15, 0.2) is 11.6 Å². The Bertz CT molecular complexity index is 451. The largest absolute Gasteiger partial charge is 0.393 e. The summed E-state index contributed by atoms with van der Waals surface area (Å²) in [6, 6.07) is 0.